The van der Waals surface area contributed by atoms with E-state index in [0.29, 0.717) is 13.0 Å². The summed E-state index contributed by atoms with van der Waals surface area (Å²) in [5.74, 6) is 0. The van der Waals surface area contributed by atoms with Crippen LogP contribution in [-0.2, 0) is 4.74 Å². The van der Waals surface area contributed by atoms with Gasteiger partial charge in [-0.3, -0.25) is 0 Å². The fraction of sp³-hybridized carbons (Fsp3) is 0.900. The van der Waals surface area contributed by atoms with Crippen molar-refractivity contribution in [3.05, 3.63) is 0 Å². The molecule has 1 aliphatic rings. The van der Waals surface area contributed by atoms with E-state index in [4.69, 9.17) is 15.6 Å². The molecule has 0 radical (unpaired) electrons. The summed E-state index contributed by atoms with van der Waals surface area (Å²) in [5, 5.41) is 9.10. The summed E-state index contributed by atoms with van der Waals surface area (Å²) in [7, 11) is 0. The van der Waals surface area contributed by atoms with Crippen LogP contribution < -0.4 is 5.73 Å². The molecule has 0 saturated carbocycles. The SMILES string of the molecule is CC(C)(C)OC(=O)N1C[C@@H](N)C[C@@H]1CO. The number of aliphatic hydroxyl groups is 1. The summed E-state index contributed by atoms with van der Waals surface area (Å²) >= 11 is 0. The number of nitrogens with two attached hydrogens (primary N) is 1. The maximum Gasteiger partial charge on any atom is 0.410 e. The van der Waals surface area contributed by atoms with Crippen LogP contribution in [-0.4, -0.2) is 46.9 Å². The number of amides is 1. The van der Waals surface area contributed by atoms with Crippen molar-refractivity contribution in [3.8, 4) is 0 Å². The van der Waals surface area contributed by atoms with E-state index >= 15 is 0 Å². The molecule has 1 amide bonds. The molecule has 2 atom stereocenters. The zero-order chi connectivity index (χ0) is 11.6. The zero-order valence-corrected chi connectivity index (χ0v) is 9.56. The Hall–Kier alpha value is -0.810. The van der Waals surface area contributed by atoms with Crippen molar-refractivity contribution >= 4 is 6.09 Å². The third-order valence-electron chi connectivity index (χ3n) is 2.29. The topological polar surface area (TPSA) is 75.8 Å². The number of ether oxygens (including phenoxy) is 1. The van der Waals surface area contributed by atoms with Crippen molar-refractivity contribution in [1.82, 2.24) is 4.90 Å². The van der Waals surface area contributed by atoms with Crippen molar-refractivity contribution < 1.29 is 14.6 Å². The second kappa shape index (κ2) is 4.37. The number of likely N-dealkylation sites (tertiary alicyclic amines) is 1. The molecule has 1 heterocycles. The fourth-order valence-electron chi connectivity index (χ4n) is 1.67. The highest BCUT2D eigenvalue weighted by Gasteiger charge is 2.35. The van der Waals surface area contributed by atoms with Crippen molar-refractivity contribution in [2.45, 2.75) is 44.9 Å². The normalized spacial score (nSPS) is 26.9. The molecule has 3 N–H and O–H groups in total. The number of hydrogen-bond acceptors (Lipinski definition) is 4. The van der Waals surface area contributed by atoms with Crippen LogP contribution in [0.2, 0.25) is 0 Å². The van der Waals surface area contributed by atoms with E-state index in [1.54, 1.807) is 0 Å². The van der Waals surface area contributed by atoms with E-state index in [2.05, 4.69) is 0 Å². The smallest absolute Gasteiger partial charge is 0.410 e. The summed E-state index contributed by atoms with van der Waals surface area (Å²) in [4.78, 5) is 13.2. The number of nitrogens with zero attached hydrogens (tertiary/aromatic N) is 1. The van der Waals surface area contributed by atoms with E-state index in [9.17, 15) is 4.79 Å². The molecule has 0 aliphatic carbocycles. The van der Waals surface area contributed by atoms with Crippen molar-refractivity contribution in [2.75, 3.05) is 13.2 Å². The van der Waals surface area contributed by atoms with Gasteiger partial charge < -0.3 is 20.5 Å². The summed E-state index contributed by atoms with van der Waals surface area (Å²) in [5.41, 5.74) is 5.22. The Bertz CT molecular complexity index is 237. The maximum atomic E-state index is 11.7. The summed E-state index contributed by atoms with van der Waals surface area (Å²) < 4.78 is 5.22. The van der Waals surface area contributed by atoms with Gasteiger partial charge >= 0.3 is 6.09 Å². The highest BCUT2D eigenvalue weighted by molar-refractivity contribution is 5.69. The molecule has 1 rings (SSSR count). The van der Waals surface area contributed by atoms with E-state index < -0.39 is 11.7 Å². The van der Waals surface area contributed by atoms with Crippen LogP contribution >= 0.6 is 0 Å². The lowest BCUT2D eigenvalue weighted by molar-refractivity contribution is 0.0175. The summed E-state index contributed by atoms with van der Waals surface area (Å²) in [6.45, 7) is 5.84. The van der Waals surface area contributed by atoms with Gasteiger partial charge in [-0.15, -0.1) is 0 Å². The van der Waals surface area contributed by atoms with E-state index in [1.807, 2.05) is 20.8 Å². The Morgan fingerprint density at radius 3 is 2.67 bits per heavy atom. The molecule has 1 aliphatic heterocycles. The molecule has 0 aromatic rings. The Morgan fingerprint density at radius 1 is 1.60 bits per heavy atom. The molecule has 1 fully saturated rings. The van der Waals surface area contributed by atoms with Gasteiger partial charge in [0.25, 0.3) is 0 Å². The molecule has 5 heteroatoms. The third kappa shape index (κ3) is 3.35. The predicted molar refractivity (Wildman–Crippen MR) is 56.4 cm³/mol. The molecule has 5 nitrogen and oxygen atoms in total. The Labute approximate surface area is 90.2 Å². The molecule has 0 unspecified atom stereocenters. The quantitative estimate of drug-likeness (QED) is 0.661. The fourth-order valence-corrected chi connectivity index (χ4v) is 1.67. The van der Waals surface area contributed by atoms with Gasteiger partial charge in [0.05, 0.1) is 12.6 Å². The zero-order valence-electron chi connectivity index (χ0n) is 9.56. The van der Waals surface area contributed by atoms with Crippen LogP contribution in [0.15, 0.2) is 0 Å². The standard InChI is InChI=1S/C10H20N2O3/c1-10(2,3)15-9(14)12-5-7(11)4-8(12)6-13/h7-8,13H,4-6,11H2,1-3H3/t7-,8+/m0/s1. The Balaban J connectivity index is 2.59. The molecule has 15 heavy (non-hydrogen) atoms. The van der Waals surface area contributed by atoms with Gasteiger partial charge in [0.1, 0.15) is 5.60 Å². The lowest BCUT2D eigenvalue weighted by Crippen LogP contribution is -2.41. The van der Waals surface area contributed by atoms with Crippen LogP contribution in [0.25, 0.3) is 0 Å². The maximum absolute atomic E-state index is 11.7. The van der Waals surface area contributed by atoms with Gasteiger partial charge in [-0.05, 0) is 27.2 Å². The average Bonchev–Trinajstić information content (AvgIpc) is 2.43. The highest BCUT2D eigenvalue weighted by atomic mass is 16.6. The van der Waals surface area contributed by atoms with Gasteiger partial charge in [0.2, 0.25) is 0 Å². The number of rotatable bonds is 1. The first-order chi connectivity index (χ1) is 6.83. The van der Waals surface area contributed by atoms with Gasteiger partial charge in [-0.1, -0.05) is 0 Å². The van der Waals surface area contributed by atoms with Crippen LogP contribution in [0.1, 0.15) is 27.2 Å². The van der Waals surface area contributed by atoms with Crippen LogP contribution in [0.3, 0.4) is 0 Å². The molecule has 0 aromatic heterocycles. The largest absolute Gasteiger partial charge is 0.444 e. The van der Waals surface area contributed by atoms with E-state index in [1.165, 1.54) is 4.90 Å². The number of aliphatic hydroxyl groups excluding tert-OH is 1. The average molecular weight is 216 g/mol. The monoisotopic (exact) mass is 216 g/mol. The lowest BCUT2D eigenvalue weighted by atomic mass is 10.2. The Morgan fingerprint density at radius 2 is 2.20 bits per heavy atom. The minimum Gasteiger partial charge on any atom is -0.444 e. The molecule has 0 bridgehead atoms. The molecule has 0 aromatic carbocycles. The van der Waals surface area contributed by atoms with Crippen LogP contribution in [0.5, 0.6) is 0 Å². The second-order valence-corrected chi connectivity index (χ2v) is 4.96. The van der Waals surface area contributed by atoms with Crippen molar-refractivity contribution in [2.24, 2.45) is 5.73 Å². The Kier molecular flexibility index (Phi) is 3.57. The predicted octanol–water partition coefficient (Wildman–Crippen LogP) is 0.315. The van der Waals surface area contributed by atoms with Gasteiger partial charge in [-0.25, -0.2) is 4.79 Å². The molecular weight excluding hydrogens is 196 g/mol. The van der Waals surface area contributed by atoms with Crippen LogP contribution in [0, 0.1) is 0 Å². The molecule has 1 saturated heterocycles. The first kappa shape index (κ1) is 12.3. The van der Waals surface area contributed by atoms with E-state index in [0.717, 1.165) is 0 Å². The lowest BCUT2D eigenvalue weighted by Gasteiger charge is -2.27. The van der Waals surface area contributed by atoms with Gasteiger partial charge in [-0.2, -0.15) is 0 Å². The number of carbonyl (C=O) groups excluding carboxylic acids is 1. The minimum absolute atomic E-state index is 0.0605. The molecular formula is C10H20N2O3. The highest BCUT2D eigenvalue weighted by Crippen LogP contribution is 2.19. The number of hydrogen-bond donors (Lipinski definition) is 2. The third-order valence-corrected chi connectivity index (χ3v) is 2.29. The summed E-state index contributed by atoms with van der Waals surface area (Å²) in [6, 6.07) is -0.260. The van der Waals surface area contributed by atoms with Crippen molar-refractivity contribution in [3.63, 3.8) is 0 Å². The van der Waals surface area contributed by atoms with Crippen molar-refractivity contribution in [1.29, 1.82) is 0 Å². The number of carbonyl (C=O) groups is 1. The van der Waals surface area contributed by atoms with Crippen LogP contribution in [0.4, 0.5) is 4.79 Å². The van der Waals surface area contributed by atoms with E-state index in [-0.39, 0.29) is 18.7 Å². The minimum atomic E-state index is -0.510. The summed E-state index contributed by atoms with van der Waals surface area (Å²) in [6.07, 6.45) is 0.241. The molecule has 0 spiro atoms. The second-order valence-electron chi connectivity index (χ2n) is 4.96. The van der Waals surface area contributed by atoms with Gasteiger partial charge in [0.15, 0.2) is 0 Å². The van der Waals surface area contributed by atoms with Gasteiger partial charge in [0, 0.05) is 12.6 Å². The first-order valence-electron chi connectivity index (χ1n) is 5.19. The first-order valence-corrected chi connectivity index (χ1v) is 5.19. The molecule has 88 valence electrons.